The van der Waals surface area contributed by atoms with Crippen LogP contribution < -0.4 is 0 Å². The summed E-state index contributed by atoms with van der Waals surface area (Å²) in [5, 5.41) is 38.6. The van der Waals surface area contributed by atoms with Gasteiger partial charge < -0.3 is 18.7 Å². The van der Waals surface area contributed by atoms with Crippen molar-refractivity contribution in [1.29, 1.82) is 0 Å². The molecule has 0 aliphatic heterocycles. The average Bonchev–Trinajstić information content (AvgIpc) is 4.22. The summed E-state index contributed by atoms with van der Waals surface area (Å²) in [7, 11) is 15.2. The molecule has 11 heterocycles. The maximum Gasteiger partial charge on any atom is 0.171 e. The molecule has 0 bridgehead atoms. The van der Waals surface area contributed by atoms with Crippen LogP contribution in [0.5, 0.6) is 0 Å². The number of nitrogens with one attached hydrogen (secondary N) is 1. The molecule has 1 aliphatic rings. The fourth-order valence-corrected chi connectivity index (χ4v) is 8.43. The lowest BCUT2D eigenvalue weighted by atomic mass is 10.2. The van der Waals surface area contributed by atoms with E-state index >= 15 is 0 Å². The van der Waals surface area contributed by atoms with Crippen LogP contribution in [-0.2, 0) is 56.4 Å². The number of fused-ring (bicyclic) bond motifs is 2. The molecule has 0 spiro atoms. The molecule has 0 amide bonds. The Kier molecular flexibility index (Phi) is 29.9. The van der Waals surface area contributed by atoms with E-state index in [1.165, 1.54) is 76.5 Å². The van der Waals surface area contributed by atoms with Gasteiger partial charge in [0.1, 0.15) is 24.1 Å². The van der Waals surface area contributed by atoms with Gasteiger partial charge in [-0.05, 0) is 160 Å². The van der Waals surface area contributed by atoms with Crippen molar-refractivity contribution >= 4 is 33.3 Å². The number of hydrogen-bond acceptors (Lipinski definition) is 14. The Balaban J connectivity index is 0.000000246. The van der Waals surface area contributed by atoms with Gasteiger partial charge in [-0.25, -0.2) is 19.9 Å². The van der Waals surface area contributed by atoms with E-state index < -0.39 is 0 Å². The predicted molar refractivity (Wildman–Crippen MR) is 344 cm³/mol. The molecule has 12 aromatic rings. The second kappa shape index (κ2) is 36.4. The maximum atomic E-state index is 4.15. The zero-order valence-electron chi connectivity index (χ0n) is 54.1. The summed E-state index contributed by atoms with van der Waals surface area (Å²) >= 11 is 1.80. The van der Waals surface area contributed by atoms with Crippen molar-refractivity contribution < 1.29 is 0 Å². The number of aryl methyl sites for hydroxylation is 20. The van der Waals surface area contributed by atoms with E-state index in [1.54, 1.807) is 71.6 Å². The van der Waals surface area contributed by atoms with Crippen molar-refractivity contribution in [3.8, 4) is 0 Å². The number of nitrogens with zero attached hydrogens (tertiary/aromatic N) is 21. The second-order valence-corrected chi connectivity index (χ2v) is 21.7. The van der Waals surface area contributed by atoms with E-state index in [0.717, 1.165) is 33.9 Å². The third-order valence-electron chi connectivity index (χ3n) is 11.4. The van der Waals surface area contributed by atoms with Gasteiger partial charge in [0, 0.05) is 120 Å². The third kappa shape index (κ3) is 28.5. The Hall–Kier alpha value is -9.25. The number of tetrazole rings is 1. The SMILES string of the molecule is CC1=CC=C(C)C1.Cc1c[nH]c(C)c1.Cc1cn(C)c2ccccc12.Cc1cn(C)c2ncncc12.Cc1cn(C)cn1.Cc1cn(C)nn1.Cc1cnn(C)c1.Cc1cnn(C)n1.Cc1csc(C)c1.Cc1ncn(C)n1.Cc1nnn(C)n1. The van der Waals surface area contributed by atoms with Gasteiger partial charge in [-0.2, -0.15) is 30.0 Å². The van der Waals surface area contributed by atoms with Crippen LogP contribution in [0, 0.1) is 83.1 Å². The number of benzene rings is 1. The van der Waals surface area contributed by atoms with Gasteiger partial charge in [0.05, 0.1) is 42.9 Å². The Morgan fingerprint density at radius 3 is 1.48 bits per heavy atom. The molecule has 13 rings (SSSR count). The molecule has 0 saturated heterocycles. The topological polar surface area (TPSA) is 223 Å². The van der Waals surface area contributed by atoms with Crippen LogP contribution in [0.2, 0.25) is 0 Å². The average molecular weight is 1180 g/mol. The normalized spacial score (nSPS) is 10.6. The van der Waals surface area contributed by atoms with E-state index in [-0.39, 0.29) is 0 Å². The Morgan fingerprint density at radius 1 is 0.506 bits per heavy atom. The highest BCUT2D eigenvalue weighted by atomic mass is 32.1. The lowest BCUT2D eigenvalue weighted by Gasteiger charge is -1.92. The number of imidazole rings is 1. The summed E-state index contributed by atoms with van der Waals surface area (Å²) < 4.78 is 11.2. The first-order valence-electron chi connectivity index (χ1n) is 27.4. The molecule has 0 atom stereocenters. The minimum absolute atomic E-state index is 0.711. The van der Waals surface area contributed by atoms with Gasteiger partial charge >= 0.3 is 0 Å². The molecule has 454 valence electrons. The molecule has 22 nitrogen and oxygen atoms in total. The highest BCUT2D eigenvalue weighted by molar-refractivity contribution is 7.10. The fourth-order valence-electron chi connectivity index (χ4n) is 7.74. The zero-order valence-corrected chi connectivity index (χ0v) is 54.9. The van der Waals surface area contributed by atoms with Crippen LogP contribution >= 0.6 is 11.3 Å². The van der Waals surface area contributed by atoms with Crippen LogP contribution in [0.3, 0.4) is 0 Å². The fraction of sp³-hybridized carbons (Fsp3) is 0.371. The van der Waals surface area contributed by atoms with E-state index in [0.29, 0.717) is 5.82 Å². The first kappa shape index (κ1) is 70.0. The van der Waals surface area contributed by atoms with Crippen LogP contribution in [0.15, 0.2) is 140 Å². The number of rotatable bonds is 0. The molecule has 1 N–H and O–H groups in total. The molecular formula is C62H90N22S. The standard InChI is InChI=1S/C10H11N.C8H9N3.C7H10.C6H9N.C6H8S.2C5H8N2.3C4H7N3.C3H6N4/c1-8-7-11(2)10-6-4-3-5-9(8)10;1-6-4-11(2)8-7(6)3-9-5-10-8;1-6-3-4-7(2)5-6;2*1-5-3-6(2)7-4-5;1-5-3-7(2)4-6-5;1-5-3-6-7(2)4-5;1-4-5-3-7(2)6-4;1-4-3-7(2)6-5-4;1-4-3-5-7(2)6-4;1-3-4-6-7(2)5-3/h3-7H,1-2H3;3-5H,1-2H3;3-4H,5H2,1-2H3;3-4,7H,1-2H3;3*3-4H,1-2H3;3*3H,1-2H3;1-2H3. The van der Waals surface area contributed by atoms with E-state index in [1.807, 2.05) is 123 Å². The van der Waals surface area contributed by atoms with E-state index in [2.05, 4.69) is 197 Å². The monoisotopic (exact) mass is 1170 g/mol. The molecular weight excluding hydrogens is 1080 g/mol. The largest absolute Gasteiger partial charge is 0.365 e. The summed E-state index contributed by atoms with van der Waals surface area (Å²) in [5.41, 5.74) is 16.0. The number of thiophene rings is 1. The van der Waals surface area contributed by atoms with Gasteiger partial charge in [-0.3, -0.25) is 14.0 Å². The zero-order chi connectivity index (χ0) is 63.2. The van der Waals surface area contributed by atoms with Crippen molar-refractivity contribution in [1.82, 2.24) is 108 Å². The first-order chi connectivity index (χ1) is 40.2. The summed E-state index contributed by atoms with van der Waals surface area (Å²) in [6.45, 7) is 28.4. The van der Waals surface area contributed by atoms with Gasteiger partial charge in [-0.15, -0.1) is 26.6 Å². The van der Waals surface area contributed by atoms with Gasteiger partial charge in [0.25, 0.3) is 0 Å². The molecule has 23 heteroatoms. The summed E-state index contributed by atoms with van der Waals surface area (Å²) in [6.07, 6.45) is 28.0. The molecule has 1 aliphatic carbocycles. The summed E-state index contributed by atoms with van der Waals surface area (Å²) in [6, 6.07) is 12.7. The number of para-hydroxylation sites is 1. The summed E-state index contributed by atoms with van der Waals surface area (Å²) in [5.74, 6) is 1.53. The molecule has 0 fully saturated rings. The molecule has 1 aromatic carbocycles. The maximum absolute atomic E-state index is 4.15. The first-order valence-corrected chi connectivity index (χ1v) is 28.3. The van der Waals surface area contributed by atoms with Crippen molar-refractivity contribution in [2.45, 2.75) is 103 Å². The minimum atomic E-state index is 0.711. The number of allylic oxidation sites excluding steroid dienone is 4. The molecule has 11 aromatic heterocycles. The van der Waals surface area contributed by atoms with Crippen molar-refractivity contribution in [2.24, 2.45) is 56.4 Å². The Bertz CT molecular complexity index is 3080. The number of hydrogen-bond donors (Lipinski definition) is 1. The van der Waals surface area contributed by atoms with Crippen molar-refractivity contribution in [2.75, 3.05) is 0 Å². The van der Waals surface area contributed by atoms with Crippen LogP contribution in [0.1, 0.15) is 87.4 Å². The van der Waals surface area contributed by atoms with E-state index in [9.17, 15) is 0 Å². The molecule has 85 heavy (non-hydrogen) atoms. The summed E-state index contributed by atoms with van der Waals surface area (Å²) in [4.78, 5) is 23.4. The Morgan fingerprint density at radius 2 is 1.19 bits per heavy atom. The smallest absolute Gasteiger partial charge is 0.171 e. The number of aromatic amines is 1. The van der Waals surface area contributed by atoms with Crippen LogP contribution in [0.25, 0.3) is 21.9 Å². The van der Waals surface area contributed by atoms with E-state index in [4.69, 9.17) is 0 Å². The van der Waals surface area contributed by atoms with Crippen LogP contribution in [0.4, 0.5) is 0 Å². The Labute approximate surface area is 506 Å². The molecule has 0 saturated carbocycles. The quantitative estimate of drug-likeness (QED) is 0.149. The minimum Gasteiger partial charge on any atom is -0.365 e. The highest BCUT2D eigenvalue weighted by Gasteiger charge is 2.02. The third-order valence-corrected chi connectivity index (χ3v) is 12.4. The van der Waals surface area contributed by atoms with Crippen molar-refractivity contribution in [3.05, 3.63) is 207 Å². The lowest BCUT2D eigenvalue weighted by Crippen LogP contribution is -1.91. The molecule has 0 radical (unpaired) electrons. The predicted octanol–water partition coefficient (Wildman–Crippen LogP) is 11.4. The number of H-pyrrole nitrogens is 1. The van der Waals surface area contributed by atoms with Crippen molar-refractivity contribution in [3.63, 3.8) is 0 Å². The molecule has 0 unspecified atom stereocenters. The highest BCUT2D eigenvalue weighted by Crippen LogP contribution is 2.19. The van der Waals surface area contributed by atoms with Gasteiger partial charge in [0.15, 0.2) is 5.82 Å². The van der Waals surface area contributed by atoms with Crippen LogP contribution in [-0.4, -0.2) is 108 Å². The number of aromatic nitrogens is 22. The van der Waals surface area contributed by atoms with Gasteiger partial charge in [-0.1, -0.05) is 46.7 Å². The second-order valence-electron chi connectivity index (χ2n) is 20.6. The lowest BCUT2D eigenvalue weighted by molar-refractivity contribution is 0.629. The van der Waals surface area contributed by atoms with Gasteiger partial charge in [0.2, 0.25) is 0 Å².